The van der Waals surface area contributed by atoms with E-state index < -0.39 is 0 Å². The summed E-state index contributed by atoms with van der Waals surface area (Å²) < 4.78 is 0. The third-order valence-electron chi connectivity index (χ3n) is 2.84. The molecule has 3 heteroatoms. The van der Waals surface area contributed by atoms with E-state index in [1.165, 1.54) is 0 Å². The Balaban J connectivity index is 3.99. The Hall–Kier alpha value is -0.240. The van der Waals surface area contributed by atoms with Crippen molar-refractivity contribution < 1.29 is 4.79 Å². The highest BCUT2D eigenvalue weighted by Crippen LogP contribution is 2.13. The summed E-state index contributed by atoms with van der Waals surface area (Å²) in [5.74, 6) is 0.369. The van der Waals surface area contributed by atoms with Crippen LogP contribution in [-0.2, 0) is 4.79 Å². The van der Waals surface area contributed by atoms with Gasteiger partial charge in [-0.05, 0) is 33.1 Å². The van der Waals surface area contributed by atoms with Crippen LogP contribution in [0.15, 0.2) is 0 Å². The van der Waals surface area contributed by atoms with Crippen LogP contribution in [0.3, 0.4) is 0 Å². The van der Waals surface area contributed by atoms with E-state index in [9.17, 15) is 4.79 Å². The third-order valence-corrected chi connectivity index (χ3v) is 3.01. The predicted octanol–water partition coefficient (Wildman–Crippen LogP) is 3.72. The number of hydrogen-bond acceptors (Lipinski definition) is 1. The quantitative estimate of drug-likeness (QED) is 0.651. The van der Waals surface area contributed by atoms with Gasteiger partial charge in [0.25, 0.3) is 0 Å². The molecule has 0 rings (SSSR count). The summed E-state index contributed by atoms with van der Waals surface area (Å²) in [5, 5.41) is 3.16. The van der Waals surface area contributed by atoms with Gasteiger partial charge in [0, 0.05) is 17.3 Å². The smallest absolute Gasteiger partial charge is 0.223 e. The van der Waals surface area contributed by atoms with Crippen LogP contribution in [0.1, 0.15) is 59.8 Å². The number of rotatable bonds is 8. The van der Waals surface area contributed by atoms with Gasteiger partial charge in [0.15, 0.2) is 0 Å². The lowest BCUT2D eigenvalue weighted by molar-refractivity contribution is -0.126. The second-order valence-corrected chi connectivity index (χ2v) is 5.42. The minimum absolute atomic E-state index is 0.117. The Kier molecular flexibility index (Phi) is 8.73. The van der Waals surface area contributed by atoms with Gasteiger partial charge in [-0.25, -0.2) is 0 Å². The Bertz CT molecular complexity index is 194. The molecule has 0 spiro atoms. The molecule has 0 bridgehead atoms. The molecule has 0 aromatic rings. The summed E-state index contributed by atoms with van der Waals surface area (Å²) >= 11 is 5.90. The van der Waals surface area contributed by atoms with E-state index in [4.69, 9.17) is 11.6 Å². The van der Waals surface area contributed by atoms with Crippen molar-refractivity contribution in [2.24, 2.45) is 5.92 Å². The first kappa shape index (κ1) is 15.8. The van der Waals surface area contributed by atoms with Gasteiger partial charge in [0.1, 0.15) is 0 Å². The first-order chi connectivity index (χ1) is 7.51. The number of halogens is 1. The van der Waals surface area contributed by atoms with Gasteiger partial charge < -0.3 is 5.32 Å². The molecule has 3 atom stereocenters. The highest BCUT2D eigenvalue weighted by molar-refractivity contribution is 6.20. The molecule has 0 aliphatic heterocycles. The van der Waals surface area contributed by atoms with Crippen LogP contribution >= 0.6 is 11.6 Å². The lowest BCUT2D eigenvalue weighted by Crippen LogP contribution is -2.38. The van der Waals surface area contributed by atoms with E-state index in [1.54, 1.807) is 0 Å². The standard InChI is InChI=1S/C13H26ClNO/c1-5-7-8-12(6-2)13(16)15-11(4)9-10(3)14/h10-12H,5-9H2,1-4H3,(H,15,16). The summed E-state index contributed by atoms with van der Waals surface area (Å²) in [6.07, 6.45) is 5.04. The van der Waals surface area contributed by atoms with Gasteiger partial charge >= 0.3 is 0 Å². The van der Waals surface area contributed by atoms with Crippen LogP contribution in [0, 0.1) is 5.92 Å². The number of amides is 1. The molecule has 96 valence electrons. The molecule has 1 amide bonds. The lowest BCUT2D eigenvalue weighted by atomic mass is 9.98. The average Bonchev–Trinajstić information content (AvgIpc) is 2.17. The van der Waals surface area contributed by atoms with Crippen LogP contribution in [0.4, 0.5) is 0 Å². The number of carbonyl (C=O) groups excluding carboxylic acids is 1. The third kappa shape index (κ3) is 7.10. The fraction of sp³-hybridized carbons (Fsp3) is 0.923. The summed E-state index contributed by atoms with van der Waals surface area (Å²) in [4.78, 5) is 11.9. The first-order valence-corrected chi connectivity index (χ1v) is 6.89. The number of unbranched alkanes of at least 4 members (excludes halogenated alkanes) is 1. The number of carbonyl (C=O) groups is 1. The van der Waals surface area contributed by atoms with Crippen molar-refractivity contribution in [2.75, 3.05) is 0 Å². The molecule has 0 aliphatic rings. The molecule has 0 fully saturated rings. The fourth-order valence-corrected chi connectivity index (χ4v) is 2.15. The van der Waals surface area contributed by atoms with Crippen molar-refractivity contribution >= 4 is 17.5 Å². The molecule has 1 N–H and O–H groups in total. The van der Waals surface area contributed by atoms with Crippen molar-refractivity contribution in [1.82, 2.24) is 5.32 Å². The monoisotopic (exact) mass is 247 g/mol. The van der Waals surface area contributed by atoms with Crippen molar-refractivity contribution in [3.63, 3.8) is 0 Å². The Morgan fingerprint density at radius 2 is 1.94 bits per heavy atom. The number of nitrogens with one attached hydrogen (secondary N) is 1. The van der Waals surface area contributed by atoms with Crippen molar-refractivity contribution in [1.29, 1.82) is 0 Å². The van der Waals surface area contributed by atoms with E-state index in [0.29, 0.717) is 0 Å². The van der Waals surface area contributed by atoms with Crippen LogP contribution in [0.5, 0.6) is 0 Å². The van der Waals surface area contributed by atoms with Gasteiger partial charge in [-0.1, -0.05) is 26.7 Å². The van der Waals surface area contributed by atoms with Crippen molar-refractivity contribution in [2.45, 2.75) is 71.2 Å². The summed E-state index contributed by atoms with van der Waals surface area (Å²) in [6, 6.07) is 0.177. The van der Waals surface area contributed by atoms with Crippen LogP contribution in [-0.4, -0.2) is 17.3 Å². The van der Waals surface area contributed by atoms with Crippen LogP contribution in [0.25, 0.3) is 0 Å². The fourth-order valence-electron chi connectivity index (χ4n) is 1.88. The zero-order chi connectivity index (χ0) is 12.6. The van der Waals surface area contributed by atoms with Gasteiger partial charge in [0.05, 0.1) is 0 Å². The predicted molar refractivity (Wildman–Crippen MR) is 70.8 cm³/mol. The van der Waals surface area contributed by atoms with Gasteiger partial charge in [-0.15, -0.1) is 11.6 Å². The SMILES string of the molecule is CCCCC(CC)C(=O)NC(C)CC(C)Cl. The first-order valence-electron chi connectivity index (χ1n) is 6.45. The summed E-state index contributed by atoms with van der Waals surface area (Å²) in [5.41, 5.74) is 0. The zero-order valence-electron chi connectivity index (χ0n) is 11.1. The molecular weight excluding hydrogens is 222 g/mol. The molecule has 0 aromatic carbocycles. The minimum Gasteiger partial charge on any atom is -0.353 e. The van der Waals surface area contributed by atoms with Gasteiger partial charge in [0.2, 0.25) is 5.91 Å². The average molecular weight is 248 g/mol. The summed E-state index contributed by atoms with van der Waals surface area (Å²) in [7, 11) is 0. The largest absolute Gasteiger partial charge is 0.353 e. The van der Waals surface area contributed by atoms with Crippen molar-refractivity contribution in [3.05, 3.63) is 0 Å². The second kappa shape index (κ2) is 8.86. The van der Waals surface area contributed by atoms with E-state index in [2.05, 4.69) is 19.2 Å². The van der Waals surface area contributed by atoms with E-state index in [1.807, 2.05) is 13.8 Å². The topological polar surface area (TPSA) is 29.1 Å². The molecular formula is C13H26ClNO. The molecule has 3 unspecified atom stereocenters. The van der Waals surface area contributed by atoms with Crippen LogP contribution in [0.2, 0.25) is 0 Å². The molecule has 0 radical (unpaired) electrons. The Morgan fingerprint density at radius 1 is 1.31 bits per heavy atom. The van der Waals surface area contributed by atoms with Gasteiger partial charge in [-0.2, -0.15) is 0 Å². The second-order valence-electron chi connectivity index (χ2n) is 4.67. The number of alkyl halides is 1. The Morgan fingerprint density at radius 3 is 2.38 bits per heavy atom. The number of hydrogen-bond donors (Lipinski definition) is 1. The normalized spacial score (nSPS) is 16.6. The molecule has 0 heterocycles. The molecule has 0 aromatic heterocycles. The highest BCUT2D eigenvalue weighted by atomic mass is 35.5. The minimum atomic E-state index is 0.117. The van der Waals surface area contributed by atoms with Gasteiger partial charge in [-0.3, -0.25) is 4.79 Å². The van der Waals surface area contributed by atoms with E-state index >= 15 is 0 Å². The molecule has 2 nitrogen and oxygen atoms in total. The molecule has 0 saturated heterocycles. The summed E-state index contributed by atoms with van der Waals surface area (Å²) in [6.45, 7) is 8.21. The lowest BCUT2D eigenvalue weighted by Gasteiger charge is -2.19. The zero-order valence-corrected chi connectivity index (χ0v) is 11.8. The van der Waals surface area contributed by atoms with Crippen molar-refractivity contribution in [3.8, 4) is 0 Å². The molecule has 16 heavy (non-hydrogen) atoms. The maximum absolute atomic E-state index is 11.9. The highest BCUT2D eigenvalue weighted by Gasteiger charge is 2.18. The maximum atomic E-state index is 11.9. The molecule has 0 aliphatic carbocycles. The maximum Gasteiger partial charge on any atom is 0.223 e. The van der Waals surface area contributed by atoms with Crippen LogP contribution < -0.4 is 5.32 Å². The van der Waals surface area contributed by atoms with E-state index in [0.717, 1.165) is 32.1 Å². The molecule has 0 saturated carbocycles. The Labute approximate surface area is 105 Å². The van der Waals surface area contributed by atoms with E-state index in [-0.39, 0.29) is 23.2 Å².